The van der Waals surface area contributed by atoms with E-state index in [0.29, 0.717) is 5.92 Å². The molecule has 2 nitrogen and oxygen atoms in total. The number of para-hydroxylation sites is 2. The molecule has 0 fully saturated rings. The Hall–Kier alpha value is -4.04. The van der Waals surface area contributed by atoms with Crippen LogP contribution in [0.25, 0.3) is 33.1 Å². The lowest BCUT2D eigenvalue weighted by molar-refractivity contribution is 0.795. The number of aromatic nitrogens is 1. The van der Waals surface area contributed by atoms with Gasteiger partial charge < -0.3 is 9.88 Å². The second-order valence-electron chi connectivity index (χ2n) is 10.1. The molecule has 2 aliphatic rings. The number of nitrogens with zero attached hydrogens (tertiary/aromatic N) is 1. The number of benzene rings is 4. The van der Waals surface area contributed by atoms with Gasteiger partial charge in [-0.05, 0) is 84.0 Å². The van der Waals surface area contributed by atoms with Gasteiger partial charge in [0, 0.05) is 33.8 Å². The first-order valence-electron chi connectivity index (χ1n) is 13.2. The van der Waals surface area contributed by atoms with E-state index in [9.17, 15) is 0 Å². The average Bonchev–Trinajstić information content (AvgIpc) is 3.47. The standard InChI is InChI=1S/C34H30N2/c1-2-3-8-23-13-17-26(18-14-23)36-33-12-7-5-10-28(33)30-22-25(16-20-34(30)36)24-15-19-32-29(21-24)27-9-4-6-11-31(27)35-32/h4-7,9-20,22,29,35H,2-3,8,21H2,1H3. The smallest absolute Gasteiger partial charge is 0.0541 e. The van der Waals surface area contributed by atoms with E-state index in [4.69, 9.17) is 0 Å². The summed E-state index contributed by atoms with van der Waals surface area (Å²) in [6.07, 6.45) is 9.23. The molecule has 7 rings (SSSR count). The fraction of sp³-hybridized carbons (Fsp3) is 0.176. The predicted molar refractivity (Wildman–Crippen MR) is 153 cm³/mol. The van der Waals surface area contributed by atoms with Crippen molar-refractivity contribution in [2.45, 2.75) is 38.5 Å². The first kappa shape index (κ1) is 21.3. The third-order valence-electron chi connectivity index (χ3n) is 7.94. The number of allylic oxidation sites excluding steroid dienone is 4. The van der Waals surface area contributed by atoms with Crippen molar-refractivity contribution >= 4 is 33.1 Å². The molecule has 0 saturated carbocycles. The van der Waals surface area contributed by atoms with Gasteiger partial charge in [-0.15, -0.1) is 0 Å². The Morgan fingerprint density at radius 1 is 0.806 bits per heavy atom. The van der Waals surface area contributed by atoms with Crippen LogP contribution in [0.5, 0.6) is 0 Å². The summed E-state index contributed by atoms with van der Waals surface area (Å²) in [4.78, 5) is 0. The summed E-state index contributed by atoms with van der Waals surface area (Å²) < 4.78 is 2.42. The molecule has 0 amide bonds. The highest BCUT2D eigenvalue weighted by atomic mass is 15.0. The monoisotopic (exact) mass is 466 g/mol. The number of nitrogens with one attached hydrogen (secondary N) is 1. The Balaban J connectivity index is 1.30. The molecular weight excluding hydrogens is 436 g/mol. The van der Waals surface area contributed by atoms with Gasteiger partial charge >= 0.3 is 0 Å². The first-order valence-corrected chi connectivity index (χ1v) is 13.2. The van der Waals surface area contributed by atoms with Gasteiger partial charge in [0.15, 0.2) is 0 Å². The molecule has 1 aromatic heterocycles. The molecule has 0 bridgehead atoms. The van der Waals surface area contributed by atoms with Crippen LogP contribution in [0.3, 0.4) is 0 Å². The minimum Gasteiger partial charge on any atom is -0.358 e. The van der Waals surface area contributed by atoms with E-state index in [-0.39, 0.29) is 0 Å². The lowest BCUT2D eigenvalue weighted by Gasteiger charge is -2.20. The number of aryl methyl sites for hydroxylation is 1. The van der Waals surface area contributed by atoms with Gasteiger partial charge in [-0.3, -0.25) is 0 Å². The Kier molecular flexibility index (Phi) is 5.06. The number of rotatable bonds is 5. The summed E-state index contributed by atoms with van der Waals surface area (Å²) >= 11 is 0. The van der Waals surface area contributed by atoms with Gasteiger partial charge in [-0.25, -0.2) is 0 Å². The lowest BCUT2D eigenvalue weighted by atomic mass is 9.85. The number of fused-ring (bicyclic) bond motifs is 6. The van der Waals surface area contributed by atoms with E-state index in [1.807, 2.05) is 0 Å². The number of hydrogen-bond donors (Lipinski definition) is 1. The first-order chi connectivity index (χ1) is 17.8. The highest BCUT2D eigenvalue weighted by molar-refractivity contribution is 6.10. The molecule has 1 atom stereocenters. The zero-order valence-corrected chi connectivity index (χ0v) is 20.7. The molecule has 176 valence electrons. The van der Waals surface area contributed by atoms with Crippen molar-refractivity contribution < 1.29 is 0 Å². The molecule has 1 N–H and O–H groups in total. The van der Waals surface area contributed by atoms with E-state index < -0.39 is 0 Å². The second-order valence-corrected chi connectivity index (χ2v) is 10.1. The molecule has 1 aliphatic heterocycles. The van der Waals surface area contributed by atoms with Gasteiger partial charge in [-0.2, -0.15) is 0 Å². The van der Waals surface area contributed by atoms with Crippen molar-refractivity contribution in [3.05, 3.63) is 126 Å². The molecule has 1 aliphatic carbocycles. The third kappa shape index (κ3) is 3.40. The van der Waals surface area contributed by atoms with Crippen LogP contribution in [0.2, 0.25) is 0 Å². The SMILES string of the molecule is CCCCc1ccc(-n2c3ccccc3c3cc(C4=CC=C5Nc6ccccc6C5C4)ccc32)cc1. The molecule has 4 aromatic carbocycles. The van der Waals surface area contributed by atoms with Crippen molar-refractivity contribution in [2.24, 2.45) is 0 Å². The van der Waals surface area contributed by atoms with Crippen LogP contribution in [0.15, 0.2) is 109 Å². The van der Waals surface area contributed by atoms with Crippen LogP contribution < -0.4 is 5.32 Å². The largest absolute Gasteiger partial charge is 0.358 e. The van der Waals surface area contributed by atoms with Crippen LogP contribution in [-0.4, -0.2) is 4.57 Å². The van der Waals surface area contributed by atoms with Crippen LogP contribution in [0.1, 0.15) is 48.8 Å². The molecular formula is C34H30N2. The molecule has 2 heterocycles. The maximum atomic E-state index is 3.61. The van der Waals surface area contributed by atoms with Crippen LogP contribution in [0, 0.1) is 0 Å². The summed E-state index contributed by atoms with van der Waals surface area (Å²) in [5.74, 6) is 0.421. The van der Waals surface area contributed by atoms with Gasteiger partial charge in [0.2, 0.25) is 0 Å². The van der Waals surface area contributed by atoms with E-state index in [0.717, 1.165) is 12.8 Å². The topological polar surface area (TPSA) is 17.0 Å². The summed E-state index contributed by atoms with van der Waals surface area (Å²) in [5, 5.41) is 6.24. The quantitative estimate of drug-likeness (QED) is 0.273. The Morgan fingerprint density at radius 2 is 1.61 bits per heavy atom. The zero-order chi connectivity index (χ0) is 24.1. The molecule has 0 saturated heterocycles. The minimum absolute atomic E-state index is 0.421. The fourth-order valence-electron chi connectivity index (χ4n) is 6.04. The van der Waals surface area contributed by atoms with Crippen molar-refractivity contribution in [3.8, 4) is 5.69 Å². The Morgan fingerprint density at radius 3 is 2.50 bits per heavy atom. The van der Waals surface area contributed by atoms with E-state index in [2.05, 4.69) is 120 Å². The zero-order valence-electron chi connectivity index (χ0n) is 20.7. The number of anilines is 1. The second kappa shape index (κ2) is 8.57. The normalized spacial score (nSPS) is 16.4. The predicted octanol–water partition coefficient (Wildman–Crippen LogP) is 9.01. The van der Waals surface area contributed by atoms with E-state index >= 15 is 0 Å². The molecule has 1 unspecified atom stereocenters. The van der Waals surface area contributed by atoms with E-state index in [1.54, 1.807) is 0 Å². The highest BCUT2D eigenvalue weighted by Gasteiger charge is 2.29. The van der Waals surface area contributed by atoms with Crippen molar-refractivity contribution in [1.29, 1.82) is 0 Å². The summed E-state index contributed by atoms with van der Waals surface area (Å²) in [7, 11) is 0. The van der Waals surface area contributed by atoms with Gasteiger partial charge in [0.1, 0.15) is 0 Å². The Labute approximate surface area is 212 Å². The summed E-state index contributed by atoms with van der Waals surface area (Å²) in [6.45, 7) is 2.25. The van der Waals surface area contributed by atoms with Crippen molar-refractivity contribution in [3.63, 3.8) is 0 Å². The van der Waals surface area contributed by atoms with Gasteiger partial charge in [0.05, 0.1) is 11.0 Å². The summed E-state index contributed by atoms with van der Waals surface area (Å²) in [6, 6.07) is 33.7. The molecule has 0 spiro atoms. The average molecular weight is 467 g/mol. The van der Waals surface area contributed by atoms with Crippen molar-refractivity contribution in [1.82, 2.24) is 4.57 Å². The minimum atomic E-state index is 0.421. The lowest BCUT2D eigenvalue weighted by Crippen LogP contribution is -2.05. The Bertz CT molecular complexity index is 1660. The molecule has 5 aromatic rings. The van der Waals surface area contributed by atoms with Crippen LogP contribution in [0.4, 0.5) is 5.69 Å². The molecule has 2 heteroatoms. The number of hydrogen-bond acceptors (Lipinski definition) is 1. The van der Waals surface area contributed by atoms with Gasteiger partial charge in [-0.1, -0.05) is 74.0 Å². The van der Waals surface area contributed by atoms with Gasteiger partial charge in [0.25, 0.3) is 0 Å². The fourth-order valence-corrected chi connectivity index (χ4v) is 6.04. The maximum Gasteiger partial charge on any atom is 0.0541 e. The number of unbranched alkanes of at least 4 members (excludes halogenated alkanes) is 1. The van der Waals surface area contributed by atoms with Crippen LogP contribution in [-0.2, 0) is 6.42 Å². The van der Waals surface area contributed by atoms with E-state index in [1.165, 1.54) is 74.0 Å². The highest BCUT2D eigenvalue weighted by Crippen LogP contribution is 2.46. The molecule has 36 heavy (non-hydrogen) atoms. The third-order valence-corrected chi connectivity index (χ3v) is 7.94. The van der Waals surface area contributed by atoms with Crippen molar-refractivity contribution in [2.75, 3.05) is 5.32 Å². The summed E-state index contributed by atoms with van der Waals surface area (Å²) in [5.41, 5.74) is 11.9. The molecule has 0 radical (unpaired) electrons. The maximum absolute atomic E-state index is 3.61. The van der Waals surface area contributed by atoms with Crippen LogP contribution >= 0.6 is 0 Å².